The highest BCUT2D eigenvalue weighted by Gasteiger charge is 2.15. The SMILES string of the molecule is Cc1ncsc1CNc1ccc2c(c1)OCC(=O)N2. The molecule has 0 fully saturated rings. The fourth-order valence-corrected chi connectivity index (χ4v) is 2.58. The second-order valence-corrected chi connectivity index (χ2v) is 5.20. The van der Waals surface area contributed by atoms with Crippen molar-refractivity contribution < 1.29 is 9.53 Å². The lowest BCUT2D eigenvalue weighted by molar-refractivity contribution is -0.118. The van der Waals surface area contributed by atoms with Crippen LogP contribution >= 0.6 is 11.3 Å². The van der Waals surface area contributed by atoms with Crippen LogP contribution in [0.5, 0.6) is 5.75 Å². The van der Waals surface area contributed by atoms with Crippen molar-refractivity contribution in [3.05, 3.63) is 34.3 Å². The van der Waals surface area contributed by atoms with Gasteiger partial charge in [-0.3, -0.25) is 4.79 Å². The van der Waals surface area contributed by atoms with Crippen molar-refractivity contribution in [1.82, 2.24) is 4.98 Å². The first-order valence-electron chi connectivity index (χ1n) is 5.92. The number of carbonyl (C=O) groups is 1. The Hall–Kier alpha value is -2.08. The van der Waals surface area contributed by atoms with Crippen molar-refractivity contribution >= 4 is 28.6 Å². The molecule has 1 aromatic carbocycles. The van der Waals surface area contributed by atoms with Gasteiger partial charge < -0.3 is 15.4 Å². The number of hydrogen-bond acceptors (Lipinski definition) is 5. The molecule has 0 bridgehead atoms. The van der Waals surface area contributed by atoms with E-state index in [4.69, 9.17) is 4.74 Å². The minimum Gasteiger partial charge on any atom is -0.482 e. The summed E-state index contributed by atoms with van der Waals surface area (Å²) in [5, 5.41) is 6.09. The van der Waals surface area contributed by atoms with Gasteiger partial charge in [0.1, 0.15) is 5.75 Å². The average molecular weight is 275 g/mol. The van der Waals surface area contributed by atoms with E-state index in [0.29, 0.717) is 5.75 Å². The van der Waals surface area contributed by atoms with E-state index in [2.05, 4.69) is 15.6 Å². The fourth-order valence-electron chi connectivity index (χ4n) is 1.86. The Kier molecular flexibility index (Phi) is 3.08. The van der Waals surface area contributed by atoms with E-state index >= 15 is 0 Å². The van der Waals surface area contributed by atoms with Gasteiger partial charge in [0.05, 0.1) is 23.4 Å². The maximum Gasteiger partial charge on any atom is 0.262 e. The Morgan fingerprint density at radius 1 is 1.53 bits per heavy atom. The Morgan fingerprint density at radius 2 is 2.42 bits per heavy atom. The zero-order valence-electron chi connectivity index (χ0n) is 10.4. The molecule has 1 amide bonds. The molecule has 0 aliphatic carbocycles. The molecule has 0 spiro atoms. The zero-order chi connectivity index (χ0) is 13.2. The van der Waals surface area contributed by atoms with Crippen LogP contribution in [-0.4, -0.2) is 17.5 Å². The van der Waals surface area contributed by atoms with Crippen molar-refractivity contribution in [2.45, 2.75) is 13.5 Å². The first-order valence-corrected chi connectivity index (χ1v) is 6.80. The Labute approximate surface area is 114 Å². The summed E-state index contributed by atoms with van der Waals surface area (Å²) in [4.78, 5) is 16.6. The maximum atomic E-state index is 11.2. The van der Waals surface area contributed by atoms with Crippen LogP contribution in [0.2, 0.25) is 0 Å². The number of carbonyl (C=O) groups excluding carboxylic acids is 1. The molecule has 0 atom stereocenters. The minimum atomic E-state index is -0.117. The predicted octanol–water partition coefficient (Wildman–Crippen LogP) is 2.39. The van der Waals surface area contributed by atoms with E-state index in [9.17, 15) is 4.79 Å². The molecule has 0 radical (unpaired) electrons. The van der Waals surface area contributed by atoms with Crippen molar-refractivity contribution in [3.63, 3.8) is 0 Å². The molecule has 6 heteroatoms. The molecule has 0 saturated heterocycles. The van der Waals surface area contributed by atoms with Gasteiger partial charge in [-0.1, -0.05) is 0 Å². The third-order valence-electron chi connectivity index (χ3n) is 2.91. The third-order valence-corrected chi connectivity index (χ3v) is 3.85. The summed E-state index contributed by atoms with van der Waals surface area (Å²) in [6.45, 7) is 2.81. The number of thiazole rings is 1. The van der Waals surface area contributed by atoms with Crippen LogP contribution in [0.25, 0.3) is 0 Å². The van der Waals surface area contributed by atoms with E-state index in [1.54, 1.807) is 11.3 Å². The van der Waals surface area contributed by atoms with Gasteiger partial charge >= 0.3 is 0 Å². The number of anilines is 2. The van der Waals surface area contributed by atoms with Gasteiger partial charge in [0.15, 0.2) is 6.61 Å². The van der Waals surface area contributed by atoms with Crippen LogP contribution in [0.4, 0.5) is 11.4 Å². The second kappa shape index (κ2) is 4.89. The lowest BCUT2D eigenvalue weighted by Crippen LogP contribution is -2.25. The smallest absolute Gasteiger partial charge is 0.262 e. The zero-order valence-corrected chi connectivity index (χ0v) is 11.2. The van der Waals surface area contributed by atoms with Crippen LogP contribution in [0.15, 0.2) is 23.7 Å². The van der Waals surface area contributed by atoms with E-state index in [1.165, 1.54) is 4.88 Å². The molecule has 5 nitrogen and oxygen atoms in total. The summed E-state index contributed by atoms with van der Waals surface area (Å²) in [5.74, 6) is 0.583. The number of fused-ring (bicyclic) bond motifs is 1. The fraction of sp³-hybridized carbons (Fsp3) is 0.231. The van der Waals surface area contributed by atoms with Crippen LogP contribution in [0, 0.1) is 6.92 Å². The molecular weight excluding hydrogens is 262 g/mol. The second-order valence-electron chi connectivity index (χ2n) is 4.26. The molecule has 2 heterocycles. The largest absolute Gasteiger partial charge is 0.482 e. The lowest BCUT2D eigenvalue weighted by Gasteiger charge is -2.18. The number of aryl methyl sites for hydroxylation is 1. The van der Waals surface area contributed by atoms with Gasteiger partial charge in [-0.15, -0.1) is 11.3 Å². The van der Waals surface area contributed by atoms with Crippen molar-refractivity contribution in [2.75, 3.05) is 17.2 Å². The highest BCUT2D eigenvalue weighted by atomic mass is 32.1. The first-order chi connectivity index (χ1) is 9.22. The van der Waals surface area contributed by atoms with Gasteiger partial charge in [-0.25, -0.2) is 4.98 Å². The monoisotopic (exact) mass is 275 g/mol. The number of nitrogens with one attached hydrogen (secondary N) is 2. The van der Waals surface area contributed by atoms with Crippen molar-refractivity contribution in [2.24, 2.45) is 0 Å². The summed E-state index contributed by atoms with van der Waals surface area (Å²) in [7, 11) is 0. The van der Waals surface area contributed by atoms with Gasteiger partial charge in [-0.2, -0.15) is 0 Å². The molecule has 1 aromatic heterocycles. The lowest BCUT2D eigenvalue weighted by atomic mass is 10.2. The number of rotatable bonds is 3. The quantitative estimate of drug-likeness (QED) is 0.903. The summed E-state index contributed by atoms with van der Waals surface area (Å²) in [5.41, 5.74) is 4.58. The van der Waals surface area contributed by atoms with Crippen LogP contribution in [0.1, 0.15) is 10.6 Å². The van der Waals surface area contributed by atoms with Gasteiger partial charge in [0, 0.05) is 16.6 Å². The summed E-state index contributed by atoms with van der Waals surface area (Å²) in [6, 6.07) is 5.66. The van der Waals surface area contributed by atoms with Crippen LogP contribution in [-0.2, 0) is 11.3 Å². The third kappa shape index (κ3) is 2.53. The number of amides is 1. The highest BCUT2D eigenvalue weighted by Crippen LogP contribution is 2.30. The normalized spacial score (nSPS) is 13.4. The van der Waals surface area contributed by atoms with Gasteiger partial charge in [-0.05, 0) is 19.1 Å². The number of aromatic nitrogens is 1. The first kappa shape index (κ1) is 12.0. The molecule has 1 aliphatic rings. The van der Waals surface area contributed by atoms with Crippen molar-refractivity contribution in [3.8, 4) is 5.75 Å². The highest BCUT2D eigenvalue weighted by molar-refractivity contribution is 7.09. The van der Waals surface area contributed by atoms with E-state index in [1.807, 2.05) is 30.6 Å². The Balaban J connectivity index is 1.72. The summed E-state index contributed by atoms with van der Waals surface area (Å²) < 4.78 is 5.38. The Bertz CT molecular complexity index is 624. The minimum absolute atomic E-state index is 0.0738. The van der Waals surface area contributed by atoms with Gasteiger partial charge in [0.2, 0.25) is 0 Å². The van der Waals surface area contributed by atoms with Crippen molar-refractivity contribution in [1.29, 1.82) is 0 Å². The van der Waals surface area contributed by atoms with Crippen LogP contribution in [0.3, 0.4) is 0 Å². The van der Waals surface area contributed by atoms with Crippen LogP contribution < -0.4 is 15.4 Å². The van der Waals surface area contributed by atoms with E-state index in [0.717, 1.165) is 23.6 Å². The molecule has 2 aromatic rings. The number of benzene rings is 1. The van der Waals surface area contributed by atoms with E-state index in [-0.39, 0.29) is 12.5 Å². The number of hydrogen-bond donors (Lipinski definition) is 2. The standard InChI is InChI=1S/C13H13N3O2S/c1-8-12(19-7-15-8)5-14-9-2-3-10-11(4-9)18-6-13(17)16-10/h2-4,7,14H,5-6H2,1H3,(H,16,17). The Morgan fingerprint density at radius 3 is 3.21 bits per heavy atom. The molecule has 0 unspecified atom stereocenters. The molecule has 19 heavy (non-hydrogen) atoms. The molecule has 1 aliphatic heterocycles. The molecule has 2 N–H and O–H groups in total. The molecule has 0 saturated carbocycles. The molecular formula is C13H13N3O2S. The topological polar surface area (TPSA) is 63.3 Å². The van der Waals surface area contributed by atoms with Gasteiger partial charge in [0.25, 0.3) is 5.91 Å². The molecule has 98 valence electrons. The molecule has 3 rings (SSSR count). The summed E-state index contributed by atoms with van der Waals surface area (Å²) >= 11 is 1.64. The number of ether oxygens (including phenoxy) is 1. The summed E-state index contributed by atoms with van der Waals surface area (Å²) in [6.07, 6.45) is 0. The number of nitrogens with zero attached hydrogens (tertiary/aromatic N) is 1. The maximum absolute atomic E-state index is 11.2. The van der Waals surface area contributed by atoms with E-state index < -0.39 is 0 Å². The average Bonchev–Trinajstić information content (AvgIpc) is 2.82. The predicted molar refractivity (Wildman–Crippen MR) is 74.7 cm³/mol.